The topological polar surface area (TPSA) is 81.3 Å². The van der Waals surface area contributed by atoms with Crippen LogP contribution in [0, 0.1) is 6.92 Å². The molecule has 0 aliphatic carbocycles. The van der Waals surface area contributed by atoms with Gasteiger partial charge in [0.15, 0.2) is 4.80 Å². The van der Waals surface area contributed by atoms with Crippen molar-refractivity contribution >= 4 is 40.3 Å². The van der Waals surface area contributed by atoms with Crippen LogP contribution in [0.1, 0.15) is 29.0 Å². The Morgan fingerprint density at radius 3 is 2.70 bits per heavy atom. The largest absolute Gasteiger partial charge is 0.322 e. The van der Waals surface area contributed by atoms with E-state index >= 15 is 0 Å². The van der Waals surface area contributed by atoms with E-state index in [1.54, 1.807) is 15.4 Å². The van der Waals surface area contributed by atoms with Gasteiger partial charge in [-0.1, -0.05) is 35.6 Å². The van der Waals surface area contributed by atoms with Gasteiger partial charge < -0.3 is 5.32 Å². The highest BCUT2D eigenvalue weighted by atomic mass is 32.1. The average Bonchev–Trinajstić information content (AvgIpc) is 3.51. The molecule has 1 atom stereocenters. The molecule has 4 heterocycles. The second kappa shape index (κ2) is 8.42. The van der Waals surface area contributed by atoms with E-state index < -0.39 is 6.04 Å². The van der Waals surface area contributed by atoms with Crippen molar-refractivity contribution in [3.63, 3.8) is 0 Å². The van der Waals surface area contributed by atoms with Gasteiger partial charge in [0, 0.05) is 29.4 Å². The number of anilines is 1. The van der Waals surface area contributed by atoms with Gasteiger partial charge in [0.2, 0.25) is 0 Å². The maximum atomic E-state index is 13.5. The molecule has 5 rings (SSSR count). The smallest absolute Gasteiger partial charge is 0.271 e. The van der Waals surface area contributed by atoms with Crippen molar-refractivity contribution < 1.29 is 4.79 Å². The van der Waals surface area contributed by atoms with E-state index in [9.17, 15) is 9.59 Å². The zero-order valence-corrected chi connectivity index (χ0v) is 19.9. The highest BCUT2D eigenvalue weighted by molar-refractivity contribution is 7.10. The molecule has 0 fully saturated rings. The number of para-hydroxylation sites is 1. The molecule has 0 bridgehead atoms. The standard InChI is InChI=1S/C24H21N5O2S2/c1-14-7-4-5-8-17(14)27-22(30)20-15(2)26-24-29(21(20)18-9-6-10-32-18)23(31)19(33-24)11-16-12-25-28(3)13-16/h4-13,21H,1-3H3,(H,27,30)/b19-11+/t21-/m1/s1. The summed E-state index contributed by atoms with van der Waals surface area (Å²) in [4.78, 5) is 33.2. The fraction of sp³-hybridized carbons (Fsp3) is 0.167. The Balaban J connectivity index is 1.65. The lowest BCUT2D eigenvalue weighted by molar-refractivity contribution is -0.113. The van der Waals surface area contributed by atoms with Crippen LogP contribution in [-0.4, -0.2) is 20.3 Å². The highest BCUT2D eigenvalue weighted by Gasteiger charge is 2.33. The van der Waals surface area contributed by atoms with Gasteiger partial charge in [-0.25, -0.2) is 4.99 Å². The molecule has 1 amide bonds. The number of nitrogens with one attached hydrogen (secondary N) is 1. The van der Waals surface area contributed by atoms with Gasteiger partial charge >= 0.3 is 0 Å². The lowest BCUT2D eigenvalue weighted by Gasteiger charge is -2.24. The summed E-state index contributed by atoms with van der Waals surface area (Å²) in [6.45, 7) is 3.77. The number of nitrogens with zero attached hydrogens (tertiary/aromatic N) is 4. The number of carbonyl (C=O) groups excluding carboxylic acids is 1. The molecule has 7 nitrogen and oxygen atoms in total. The number of rotatable bonds is 4. The van der Waals surface area contributed by atoms with Crippen molar-refractivity contribution in [2.45, 2.75) is 19.9 Å². The number of hydrogen-bond donors (Lipinski definition) is 1. The van der Waals surface area contributed by atoms with Crippen LogP contribution in [0.5, 0.6) is 0 Å². The Morgan fingerprint density at radius 2 is 2.00 bits per heavy atom. The molecule has 0 saturated carbocycles. The zero-order valence-electron chi connectivity index (χ0n) is 18.3. The number of carbonyl (C=O) groups is 1. The van der Waals surface area contributed by atoms with E-state index in [1.807, 2.05) is 74.9 Å². The number of hydrogen-bond acceptors (Lipinski definition) is 6. The maximum absolute atomic E-state index is 13.5. The second-order valence-electron chi connectivity index (χ2n) is 7.81. The van der Waals surface area contributed by atoms with Crippen LogP contribution >= 0.6 is 22.7 Å². The van der Waals surface area contributed by atoms with E-state index in [4.69, 9.17) is 0 Å². The van der Waals surface area contributed by atoms with E-state index in [0.29, 0.717) is 20.6 Å². The van der Waals surface area contributed by atoms with E-state index in [1.165, 1.54) is 22.7 Å². The van der Waals surface area contributed by atoms with Crippen LogP contribution in [0.25, 0.3) is 6.08 Å². The Bertz CT molecular complexity index is 1570. The van der Waals surface area contributed by atoms with Crippen molar-refractivity contribution in [2.75, 3.05) is 5.32 Å². The van der Waals surface area contributed by atoms with Crippen molar-refractivity contribution in [2.24, 2.45) is 12.0 Å². The number of thiazole rings is 1. The van der Waals surface area contributed by atoms with Crippen LogP contribution in [0.4, 0.5) is 5.69 Å². The van der Waals surface area contributed by atoms with Crippen LogP contribution in [0.15, 0.2) is 75.2 Å². The first-order valence-corrected chi connectivity index (χ1v) is 12.0. The predicted molar refractivity (Wildman–Crippen MR) is 131 cm³/mol. The lowest BCUT2D eigenvalue weighted by atomic mass is 10.0. The van der Waals surface area contributed by atoms with Crippen LogP contribution in [0.3, 0.4) is 0 Å². The Morgan fingerprint density at radius 1 is 1.18 bits per heavy atom. The van der Waals surface area contributed by atoms with Crippen LogP contribution in [-0.2, 0) is 11.8 Å². The molecular formula is C24H21N5O2S2. The number of fused-ring (bicyclic) bond motifs is 1. The van der Waals surface area contributed by atoms with E-state index in [0.717, 1.165) is 21.7 Å². The molecule has 33 heavy (non-hydrogen) atoms. The molecule has 1 aliphatic rings. The Labute approximate surface area is 197 Å². The van der Waals surface area contributed by atoms with Gasteiger partial charge in [0.1, 0.15) is 6.04 Å². The van der Waals surface area contributed by atoms with Gasteiger partial charge in [0.05, 0.1) is 22.0 Å². The number of allylic oxidation sites excluding steroid dienone is 1. The molecule has 9 heteroatoms. The highest BCUT2D eigenvalue weighted by Crippen LogP contribution is 2.33. The lowest BCUT2D eigenvalue weighted by Crippen LogP contribution is -2.40. The molecule has 0 unspecified atom stereocenters. The van der Waals surface area contributed by atoms with Crippen LogP contribution in [0.2, 0.25) is 0 Å². The summed E-state index contributed by atoms with van der Waals surface area (Å²) in [5, 5.41) is 9.14. The number of aryl methyl sites for hydroxylation is 2. The van der Waals surface area contributed by atoms with Gasteiger partial charge in [-0.3, -0.25) is 18.8 Å². The number of aromatic nitrogens is 3. The van der Waals surface area contributed by atoms with Gasteiger partial charge in [-0.15, -0.1) is 11.3 Å². The monoisotopic (exact) mass is 475 g/mol. The number of thiophene rings is 1. The molecule has 1 aliphatic heterocycles. The molecule has 1 N–H and O–H groups in total. The SMILES string of the molecule is CC1=C(C(=O)Nc2ccccc2C)[C@@H](c2cccs2)n2c(s/c(=C/c3cnn(C)c3)c2=O)=N1. The normalized spacial score (nSPS) is 16.0. The van der Waals surface area contributed by atoms with Crippen molar-refractivity contribution in [1.82, 2.24) is 14.3 Å². The minimum absolute atomic E-state index is 0.172. The summed E-state index contributed by atoms with van der Waals surface area (Å²) in [5.41, 5.74) is 3.45. The first-order chi connectivity index (χ1) is 15.9. The van der Waals surface area contributed by atoms with Crippen molar-refractivity contribution in [3.05, 3.63) is 101 Å². The molecule has 166 valence electrons. The minimum Gasteiger partial charge on any atom is -0.322 e. The van der Waals surface area contributed by atoms with Crippen molar-refractivity contribution in [3.8, 4) is 0 Å². The first-order valence-electron chi connectivity index (χ1n) is 10.3. The molecular weight excluding hydrogens is 454 g/mol. The summed E-state index contributed by atoms with van der Waals surface area (Å²) in [5.74, 6) is -0.259. The third-order valence-electron chi connectivity index (χ3n) is 5.49. The Hall–Kier alpha value is -3.56. The summed E-state index contributed by atoms with van der Waals surface area (Å²) in [6, 6.07) is 11.0. The van der Waals surface area contributed by atoms with Gasteiger partial charge in [0.25, 0.3) is 11.5 Å². The zero-order chi connectivity index (χ0) is 23.1. The molecule has 1 aromatic carbocycles. The van der Waals surface area contributed by atoms with E-state index in [2.05, 4.69) is 15.4 Å². The quantitative estimate of drug-likeness (QED) is 0.493. The third-order valence-corrected chi connectivity index (χ3v) is 7.40. The van der Waals surface area contributed by atoms with E-state index in [-0.39, 0.29) is 11.5 Å². The summed E-state index contributed by atoms with van der Waals surface area (Å²) < 4.78 is 3.88. The first kappa shape index (κ1) is 21.3. The maximum Gasteiger partial charge on any atom is 0.271 e. The summed E-state index contributed by atoms with van der Waals surface area (Å²) in [7, 11) is 1.83. The fourth-order valence-corrected chi connectivity index (χ4v) is 5.77. The Kier molecular flexibility index (Phi) is 5.43. The van der Waals surface area contributed by atoms with Crippen molar-refractivity contribution in [1.29, 1.82) is 0 Å². The summed E-state index contributed by atoms with van der Waals surface area (Å²) in [6.07, 6.45) is 5.37. The van der Waals surface area contributed by atoms with Gasteiger partial charge in [-0.05, 0) is 43.0 Å². The fourth-order valence-electron chi connectivity index (χ4n) is 3.90. The number of amides is 1. The molecule has 0 spiro atoms. The molecule has 4 aromatic rings. The molecule has 3 aromatic heterocycles. The van der Waals surface area contributed by atoms with Crippen LogP contribution < -0.4 is 20.2 Å². The molecule has 0 radical (unpaired) electrons. The predicted octanol–water partition coefficient (Wildman–Crippen LogP) is 2.98. The average molecular weight is 476 g/mol. The third kappa shape index (κ3) is 3.90. The second-order valence-corrected chi connectivity index (χ2v) is 9.80. The number of benzene rings is 1. The minimum atomic E-state index is -0.540. The van der Waals surface area contributed by atoms with Gasteiger partial charge in [-0.2, -0.15) is 5.10 Å². The molecule has 0 saturated heterocycles. The summed E-state index contributed by atoms with van der Waals surface area (Å²) >= 11 is 2.84.